The summed E-state index contributed by atoms with van der Waals surface area (Å²) in [7, 11) is 0. The summed E-state index contributed by atoms with van der Waals surface area (Å²) in [5.41, 5.74) is 1.55. The second-order valence-corrected chi connectivity index (χ2v) is 6.71. The van der Waals surface area contributed by atoms with Gasteiger partial charge in [0.25, 0.3) is 0 Å². The van der Waals surface area contributed by atoms with Crippen LogP contribution in [0, 0.1) is 0 Å². The van der Waals surface area contributed by atoms with Crippen molar-refractivity contribution in [3.8, 4) is 5.75 Å². The summed E-state index contributed by atoms with van der Waals surface area (Å²) in [4.78, 5) is 18.2. The minimum Gasteiger partial charge on any atom is -0.486 e. The van der Waals surface area contributed by atoms with Crippen molar-refractivity contribution < 1.29 is 9.13 Å². The van der Waals surface area contributed by atoms with Gasteiger partial charge in [-0.15, -0.1) is 11.6 Å². The Morgan fingerprint density at radius 3 is 2.92 bits per heavy atom. The molecule has 0 radical (unpaired) electrons. The molecule has 0 aliphatic carbocycles. The molecule has 1 N–H and O–H groups in total. The number of hydrogen-bond acceptors (Lipinski definition) is 7. The van der Waals surface area contributed by atoms with Gasteiger partial charge in [-0.1, -0.05) is 11.3 Å². The smallest absolute Gasteiger partial charge is 0.190 e. The molecule has 132 valence electrons. The standard InChI is InChI=1S/C17H13ClFN5OS/c18-7-11(8-19)25-10-3-4-13-12(6-10)15(22-9-21-13)24-17-23-14-2-1-5-20-16(14)26-17/h1-6,9,11H,7-8H2,(H,21,22,23,24). The number of alkyl halides is 2. The first kappa shape index (κ1) is 16.9. The Labute approximate surface area is 157 Å². The lowest BCUT2D eigenvalue weighted by atomic mass is 10.2. The van der Waals surface area contributed by atoms with Crippen LogP contribution in [0.5, 0.6) is 5.75 Å². The Kier molecular flexibility index (Phi) is 4.77. The molecular formula is C17H13ClFN5OS. The van der Waals surface area contributed by atoms with E-state index in [0.29, 0.717) is 16.7 Å². The average molecular weight is 390 g/mol. The maximum atomic E-state index is 12.9. The molecule has 3 heterocycles. The molecule has 0 spiro atoms. The zero-order chi connectivity index (χ0) is 17.9. The Morgan fingerprint density at radius 2 is 2.12 bits per heavy atom. The lowest BCUT2D eigenvalue weighted by Crippen LogP contribution is -2.20. The van der Waals surface area contributed by atoms with E-state index < -0.39 is 12.8 Å². The van der Waals surface area contributed by atoms with Gasteiger partial charge in [-0.05, 0) is 30.3 Å². The molecule has 0 aliphatic heterocycles. The number of nitrogens with one attached hydrogen (secondary N) is 1. The lowest BCUT2D eigenvalue weighted by Gasteiger charge is -2.14. The number of ether oxygens (including phenoxy) is 1. The highest BCUT2D eigenvalue weighted by Gasteiger charge is 2.12. The fraction of sp³-hybridized carbons (Fsp3) is 0.176. The second kappa shape index (κ2) is 7.35. The second-order valence-electron chi connectivity index (χ2n) is 5.42. The number of anilines is 2. The predicted octanol–water partition coefficient (Wildman–Crippen LogP) is 4.33. The molecule has 4 rings (SSSR count). The Hall–Kier alpha value is -2.58. The number of hydrogen-bond donors (Lipinski definition) is 1. The molecule has 0 fully saturated rings. The zero-order valence-corrected chi connectivity index (χ0v) is 15.0. The summed E-state index contributed by atoms with van der Waals surface area (Å²) in [5.74, 6) is 1.16. The maximum Gasteiger partial charge on any atom is 0.190 e. The SMILES string of the molecule is FCC(CCl)Oc1ccc2ncnc(Nc3nc4cccnc4s3)c2c1. The van der Waals surface area contributed by atoms with E-state index >= 15 is 0 Å². The maximum absolute atomic E-state index is 12.9. The van der Waals surface area contributed by atoms with Crippen molar-refractivity contribution in [1.82, 2.24) is 19.9 Å². The van der Waals surface area contributed by atoms with Crippen LogP contribution >= 0.6 is 22.9 Å². The van der Waals surface area contributed by atoms with Gasteiger partial charge in [0.15, 0.2) is 5.13 Å². The normalized spacial score (nSPS) is 12.4. The van der Waals surface area contributed by atoms with Gasteiger partial charge >= 0.3 is 0 Å². The number of aromatic nitrogens is 4. The summed E-state index contributed by atoms with van der Waals surface area (Å²) >= 11 is 7.13. The fourth-order valence-electron chi connectivity index (χ4n) is 2.43. The van der Waals surface area contributed by atoms with Crippen molar-refractivity contribution in [2.45, 2.75) is 6.10 Å². The van der Waals surface area contributed by atoms with Crippen molar-refractivity contribution in [3.05, 3.63) is 42.9 Å². The summed E-state index contributed by atoms with van der Waals surface area (Å²) in [6.45, 7) is -0.656. The fourth-order valence-corrected chi connectivity index (χ4v) is 3.38. The number of fused-ring (bicyclic) bond motifs is 2. The van der Waals surface area contributed by atoms with Gasteiger partial charge < -0.3 is 10.1 Å². The zero-order valence-electron chi connectivity index (χ0n) is 13.4. The van der Waals surface area contributed by atoms with Crippen LogP contribution in [0.25, 0.3) is 21.3 Å². The summed E-state index contributed by atoms with van der Waals surface area (Å²) in [6, 6.07) is 9.03. The quantitative estimate of drug-likeness (QED) is 0.495. The van der Waals surface area contributed by atoms with Gasteiger partial charge in [0, 0.05) is 11.6 Å². The number of thiazole rings is 1. The van der Waals surface area contributed by atoms with E-state index in [1.165, 1.54) is 17.7 Å². The first-order valence-electron chi connectivity index (χ1n) is 7.79. The van der Waals surface area contributed by atoms with Crippen molar-refractivity contribution in [1.29, 1.82) is 0 Å². The van der Waals surface area contributed by atoms with Crippen LogP contribution in [0.2, 0.25) is 0 Å². The average Bonchev–Trinajstić information content (AvgIpc) is 3.09. The monoisotopic (exact) mass is 389 g/mol. The highest BCUT2D eigenvalue weighted by atomic mass is 35.5. The van der Waals surface area contributed by atoms with E-state index in [2.05, 4.69) is 25.3 Å². The summed E-state index contributed by atoms with van der Waals surface area (Å²) in [5, 5.41) is 4.62. The molecule has 0 aliphatic rings. The van der Waals surface area contributed by atoms with Gasteiger partial charge in [0.2, 0.25) is 0 Å². The van der Waals surface area contributed by atoms with Crippen molar-refractivity contribution in [3.63, 3.8) is 0 Å². The van der Waals surface area contributed by atoms with Crippen molar-refractivity contribution in [2.75, 3.05) is 17.9 Å². The van der Waals surface area contributed by atoms with E-state index in [9.17, 15) is 4.39 Å². The molecule has 1 aromatic carbocycles. The largest absolute Gasteiger partial charge is 0.486 e. The third-order valence-corrected chi connectivity index (χ3v) is 4.88. The highest BCUT2D eigenvalue weighted by Crippen LogP contribution is 2.30. The molecule has 26 heavy (non-hydrogen) atoms. The lowest BCUT2D eigenvalue weighted by molar-refractivity contribution is 0.185. The first-order valence-corrected chi connectivity index (χ1v) is 9.14. The third-order valence-electron chi connectivity index (χ3n) is 3.65. The number of pyridine rings is 1. The van der Waals surface area contributed by atoms with Crippen LogP contribution < -0.4 is 10.1 Å². The first-order chi connectivity index (χ1) is 12.8. The summed E-state index contributed by atoms with van der Waals surface area (Å²) < 4.78 is 18.4. The minimum absolute atomic E-state index is 0.0731. The molecule has 0 saturated carbocycles. The molecule has 0 amide bonds. The van der Waals surface area contributed by atoms with Crippen molar-refractivity contribution in [2.24, 2.45) is 0 Å². The van der Waals surface area contributed by atoms with Gasteiger partial charge in [0.1, 0.15) is 41.0 Å². The number of nitrogens with zero attached hydrogens (tertiary/aromatic N) is 4. The number of halogens is 2. The van der Waals surface area contributed by atoms with Crippen LogP contribution in [-0.4, -0.2) is 38.6 Å². The molecule has 9 heteroatoms. The van der Waals surface area contributed by atoms with E-state index in [4.69, 9.17) is 16.3 Å². The molecule has 1 atom stereocenters. The topological polar surface area (TPSA) is 72.8 Å². The van der Waals surface area contributed by atoms with Gasteiger partial charge in [-0.25, -0.2) is 24.3 Å². The van der Waals surface area contributed by atoms with Crippen LogP contribution in [0.1, 0.15) is 0 Å². The van der Waals surface area contributed by atoms with Gasteiger partial charge in [-0.2, -0.15) is 0 Å². The molecule has 3 aromatic heterocycles. The Balaban J connectivity index is 1.69. The number of rotatable bonds is 6. The minimum atomic E-state index is -0.689. The Bertz CT molecular complexity index is 1020. The van der Waals surface area contributed by atoms with E-state index in [1.54, 1.807) is 24.4 Å². The molecule has 4 aromatic rings. The van der Waals surface area contributed by atoms with Crippen molar-refractivity contribution >= 4 is 55.1 Å². The number of benzene rings is 1. The molecule has 0 saturated heterocycles. The molecule has 6 nitrogen and oxygen atoms in total. The third kappa shape index (κ3) is 3.38. The van der Waals surface area contributed by atoms with Crippen LogP contribution in [0.4, 0.5) is 15.3 Å². The highest BCUT2D eigenvalue weighted by molar-refractivity contribution is 7.21. The van der Waals surface area contributed by atoms with Crippen LogP contribution in [0.3, 0.4) is 0 Å². The Morgan fingerprint density at radius 1 is 1.19 bits per heavy atom. The van der Waals surface area contributed by atoms with E-state index in [0.717, 1.165) is 21.3 Å². The van der Waals surface area contributed by atoms with Crippen LogP contribution in [-0.2, 0) is 0 Å². The van der Waals surface area contributed by atoms with E-state index in [1.807, 2.05) is 12.1 Å². The molecule has 1 unspecified atom stereocenters. The van der Waals surface area contributed by atoms with Crippen LogP contribution in [0.15, 0.2) is 42.9 Å². The van der Waals surface area contributed by atoms with E-state index in [-0.39, 0.29) is 5.88 Å². The molecule has 0 bridgehead atoms. The van der Waals surface area contributed by atoms with Gasteiger partial charge in [-0.3, -0.25) is 0 Å². The summed E-state index contributed by atoms with van der Waals surface area (Å²) in [6.07, 6.45) is 2.51. The molecular weight excluding hydrogens is 377 g/mol. The predicted molar refractivity (Wildman–Crippen MR) is 101 cm³/mol. The van der Waals surface area contributed by atoms with Gasteiger partial charge in [0.05, 0.1) is 11.4 Å².